The Balaban J connectivity index is 1.76. The number of halogens is 1. The molecule has 1 N–H and O–H groups in total. The smallest absolute Gasteiger partial charge is 0.266 e. The van der Waals surface area contributed by atoms with Crippen LogP contribution in [0.1, 0.15) is 60.2 Å². The van der Waals surface area contributed by atoms with Crippen LogP contribution in [0.2, 0.25) is 5.02 Å². The summed E-state index contributed by atoms with van der Waals surface area (Å²) in [5, 5.41) is 5.82. The maximum absolute atomic E-state index is 12.4. The van der Waals surface area contributed by atoms with Gasteiger partial charge in [0, 0.05) is 15.8 Å². The molecule has 2 aromatic rings. The Morgan fingerprint density at radius 3 is 2.61 bits per heavy atom. The van der Waals surface area contributed by atoms with E-state index in [1.165, 1.54) is 30.6 Å². The second-order valence-electron chi connectivity index (χ2n) is 6.13. The molecule has 1 saturated carbocycles. The topological polar surface area (TPSA) is 41.5 Å². The molecule has 1 aromatic heterocycles. The third-order valence-electron chi connectivity index (χ3n) is 4.24. The van der Waals surface area contributed by atoms with Gasteiger partial charge >= 0.3 is 0 Å². The minimum atomic E-state index is -0.205. The minimum absolute atomic E-state index is 0.205. The molecule has 1 fully saturated rings. The van der Waals surface area contributed by atoms with Gasteiger partial charge in [0.05, 0.1) is 5.02 Å². The van der Waals surface area contributed by atoms with Gasteiger partial charge in [-0.05, 0) is 44.2 Å². The molecule has 0 bridgehead atoms. The van der Waals surface area contributed by atoms with Crippen LogP contribution < -0.4 is 5.43 Å². The Kier molecular flexibility index (Phi) is 5.34. The van der Waals surface area contributed by atoms with E-state index in [-0.39, 0.29) is 5.91 Å². The fraction of sp³-hybridized carbons (Fsp3) is 0.444. The van der Waals surface area contributed by atoms with Crippen LogP contribution in [-0.4, -0.2) is 11.6 Å². The van der Waals surface area contributed by atoms with Crippen LogP contribution in [0.15, 0.2) is 23.3 Å². The van der Waals surface area contributed by atoms with Crippen molar-refractivity contribution in [3.8, 4) is 0 Å². The quantitative estimate of drug-likeness (QED) is 0.695. The first-order valence-corrected chi connectivity index (χ1v) is 9.39. The summed E-state index contributed by atoms with van der Waals surface area (Å²) in [6, 6.07) is 6.04. The molecule has 1 aliphatic rings. The molecule has 0 saturated heterocycles. The Bertz CT molecular complexity index is 741. The van der Waals surface area contributed by atoms with E-state index in [1.807, 2.05) is 19.1 Å². The second kappa shape index (κ2) is 7.45. The lowest BCUT2D eigenvalue weighted by molar-refractivity contribution is 0.0959. The number of thiophene rings is 1. The summed E-state index contributed by atoms with van der Waals surface area (Å²) in [7, 11) is 0. The molecule has 0 radical (unpaired) electrons. The molecule has 0 unspecified atom stereocenters. The van der Waals surface area contributed by atoms with Crippen LogP contribution >= 0.6 is 22.9 Å². The van der Waals surface area contributed by atoms with Crippen molar-refractivity contribution in [2.75, 3.05) is 0 Å². The van der Waals surface area contributed by atoms with E-state index < -0.39 is 0 Å². The summed E-state index contributed by atoms with van der Waals surface area (Å²) in [5.74, 6) is -0.205. The van der Waals surface area contributed by atoms with Crippen molar-refractivity contribution in [3.63, 3.8) is 0 Å². The molecule has 1 aliphatic carbocycles. The van der Waals surface area contributed by atoms with Crippen LogP contribution in [0, 0.1) is 6.92 Å². The van der Waals surface area contributed by atoms with Crippen LogP contribution in [0.25, 0.3) is 10.1 Å². The highest BCUT2D eigenvalue weighted by molar-refractivity contribution is 7.21. The number of benzene rings is 1. The number of amides is 1. The number of carbonyl (C=O) groups is 1. The zero-order valence-electron chi connectivity index (χ0n) is 13.3. The normalized spacial score (nSPS) is 16.0. The van der Waals surface area contributed by atoms with Crippen molar-refractivity contribution in [1.29, 1.82) is 0 Å². The average Bonchev–Trinajstić information content (AvgIpc) is 2.82. The molecule has 1 amide bonds. The number of hydrazone groups is 1. The van der Waals surface area contributed by atoms with E-state index in [2.05, 4.69) is 16.6 Å². The molecule has 1 heterocycles. The minimum Gasteiger partial charge on any atom is -0.266 e. The van der Waals surface area contributed by atoms with Gasteiger partial charge in [-0.3, -0.25) is 4.79 Å². The number of aryl methyl sites for hydroxylation is 1. The van der Waals surface area contributed by atoms with Gasteiger partial charge in [0.25, 0.3) is 5.91 Å². The van der Waals surface area contributed by atoms with Crippen LogP contribution in [0.5, 0.6) is 0 Å². The van der Waals surface area contributed by atoms with Gasteiger partial charge in [-0.2, -0.15) is 5.10 Å². The molecule has 5 heteroatoms. The molecule has 3 nitrogen and oxygen atoms in total. The average molecular weight is 349 g/mol. The SMILES string of the molecule is Cc1ccc2c(Cl)c(C(=O)NN=C3CCCCCCC3)sc2c1. The number of fused-ring (bicyclic) bond motifs is 1. The lowest BCUT2D eigenvalue weighted by Crippen LogP contribution is -2.19. The number of rotatable bonds is 2. The monoisotopic (exact) mass is 348 g/mol. The van der Waals surface area contributed by atoms with Crippen LogP contribution in [0.3, 0.4) is 0 Å². The summed E-state index contributed by atoms with van der Waals surface area (Å²) >= 11 is 7.80. The molecule has 3 rings (SSSR count). The zero-order chi connectivity index (χ0) is 16.2. The zero-order valence-corrected chi connectivity index (χ0v) is 14.9. The first kappa shape index (κ1) is 16.5. The van der Waals surface area contributed by atoms with Gasteiger partial charge in [0.15, 0.2) is 0 Å². The van der Waals surface area contributed by atoms with E-state index >= 15 is 0 Å². The largest absolute Gasteiger partial charge is 0.283 e. The predicted octanol–water partition coefficient (Wildman–Crippen LogP) is 5.69. The lowest BCUT2D eigenvalue weighted by Gasteiger charge is -2.10. The Hall–Kier alpha value is -1.39. The van der Waals surface area contributed by atoms with Gasteiger partial charge in [-0.25, -0.2) is 5.43 Å². The fourth-order valence-corrected chi connectivity index (χ4v) is 4.43. The summed E-state index contributed by atoms with van der Waals surface area (Å²) < 4.78 is 1.04. The summed E-state index contributed by atoms with van der Waals surface area (Å²) in [4.78, 5) is 13.0. The van der Waals surface area contributed by atoms with Gasteiger partial charge in [0.1, 0.15) is 4.88 Å². The van der Waals surface area contributed by atoms with E-state index in [9.17, 15) is 4.79 Å². The number of carbonyl (C=O) groups excluding carboxylic acids is 1. The van der Waals surface area contributed by atoms with E-state index in [0.717, 1.165) is 47.0 Å². The molecule has 122 valence electrons. The summed E-state index contributed by atoms with van der Waals surface area (Å²) in [5.41, 5.74) is 4.98. The maximum Gasteiger partial charge on any atom is 0.283 e. The predicted molar refractivity (Wildman–Crippen MR) is 98.8 cm³/mol. The van der Waals surface area contributed by atoms with Crippen molar-refractivity contribution in [3.05, 3.63) is 33.7 Å². The van der Waals surface area contributed by atoms with Crippen molar-refractivity contribution in [1.82, 2.24) is 5.43 Å². The molecular weight excluding hydrogens is 328 g/mol. The summed E-state index contributed by atoms with van der Waals surface area (Å²) in [6.07, 6.45) is 8.13. The molecule has 0 aliphatic heterocycles. The van der Waals surface area contributed by atoms with Gasteiger partial charge in [-0.15, -0.1) is 11.3 Å². The maximum atomic E-state index is 12.4. The standard InChI is InChI=1S/C18H21ClN2OS/c1-12-9-10-14-15(11-12)23-17(16(14)19)18(22)21-20-13-7-5-3-2-4-6-8-13/h9-11H,2-8H2,1H3,(H,21,22). The number of hydrogen-bond acceptors (Lipinski definition) is 3. The number of nitrogens with zero attached hydrogens (tertiary/aromatic N) is 1. The second-order valence-corrected chi connectivity index (χ2v) is 7.56. The highest BCUT2D eigenvalue weighted by Gasteiger charge is 2.17. The molecule has 1 aromatic carbocycles. The fourth-order valence-electron chi connectivity index (χ4n) is 2.92. The first-order chi connectivity index (χ1) is 11.1. The van der Waals surface area contributed by atoms with E-state index in [1.54, 1.807) is 0 Å². The number of hydrogen-bond donors (Lipinski definition) is 1. The third kappa shape index (κ3) is 3.93. The third-order valence-corrected chi connectivity index (χ3v) is 5.89. The van der Waals surface area contributed by atoms with Crippen molar-refractivity contribution in [2.45, 2.75) is 51.9 Å². The molecular formula is C18H21ClN2OS. The van der Waals surface area contributed by atoms with E-state index in [4.69, 9.17) is 11.6 Å². The Labute approximate surface area is 145 Å². The van der Waals surface area contributed by atoms with Crippen molar-refractivity contribution >= 4 is 44.6 Å². The Morgan fingerprint density at radius 2 is 1.87 bits per heavy atom. The summed E-state index contributed by atoms with van der Waals surface area (Å²) in [6.45, 7) is 2.04. The van der Waals surface area contributed by atoms with Crippen LogP contribution in [-0.2, 0) is 0 Å². The van der Waals surface area contributed by atoms with Gasteiger partial charge in [-0.1, -0.05) is 43.0 Å². The Morgan fingerprint density at radius 1 is 1.17 bits per heavy atom. The van der Waals surface area contributed by atoms with Crippen molar-refractivity contribution < 1.29 is 4.79 Å². The molecule has 23 heavy (non-hydrogen) atoms. The first-order valence-electron chi connectivity index (χ1n) is 8.19. The van der Waals surface area contributed by atoms with E-state index in [0.29, 0.717) is 9.90 Å². The number of nitrogens with one attached hydrogen (secondary N) is 1. The van der Waals surface area contributed by atoms with Gasteiger partial charge < -0.3 is 0 Å². The van der Waals surface area contributed by atoms with Crippen LogP contribution in [0.4, 0.5) is 0 Å². The lowest BCUT2D eigenvalue weighted by atomic mass is 9.99. The highest BCUT2D eigenvalue weighted by Crippen LogP contribution is 2.35. The molecule has 0 atom stereocenters. The molecule has 0 spiro atoms. The van der Waals surface area contributed by atoms with Gasteiger partial charge in [0.2, 0.25) is 0 Å². The highest BCUT2D eigenvalue weighted by atomic mass is 35.5. The van der Waals surface area contributed by atoms with Crippen molar-refractivity contribution in [2.24, 2.45) is 5.10 Å².